The van der Waals surface area contributed by atoms with Crippen molar-refractivity contribution in [2.45, 2.75) is 27.2 Å². The van der Waals surface area contributed by atoms with Crippen LogP contribution in [-0.4, -0.2) is 11.1 Å². The van der Waals surface area contributed by atoms with Crippen molar-refractivity contribution < 1.29 is 9.90 Å². The minimum atomic E-state index is -0.883. The summed E-state index contributed by atoms with van der Waals surface area (Å²) in [6, 6.07) is 13.6. The first-order valence-electron chi connectivity index (χ1n) is 6.90. The first-order chi connectivity index (χ1) is 9.47. The summed E-state index contributed by atoms with van der Waals surface area (Å²) in [5.41, 5.74) is 4.45. The molecule has 0 atom stereocenters. The van der Waals surface area contributed by atoms with Crippen molar-refractivity contribution in [3.05, 3.63) is 59.2 Å². The van der Waals surface area contributed by atoms with E-state index in [1.165, 1.54) is 5.56 Å². The molecule has 0 heterocycles. The SMILES string of the molecule is Cc1ccc(C(=O)O)c(-c2ccc(CC(C)C)cc2)c1. The van der Waals surface area contributed by atoms with Gasteiger partial charge in [0.25, 0.3) is 0 Å². The average Bonchev–Trinajstić information content (AvgIpc) is 2.38. The van der Waals surface area contributed by atoms with Crippen molar-refractivity contribution in [1.29, 1.82) is 0 Å². The third kappa shape index (κ3) is 3.27. The first-order valence-corrected chi connectivity index (χ1v) is 6.90. The van der Waals surface area contributed by atoms with Crippen LogP contribution < -0.4 is 0 Å². The van der Waals surface area contributed by atoms with E-state index in [1.807, 2.05) is 31.2 Å². The lowest BCUT2D eigenvalue weighted by Crippen LogP contribution is -2.00. The second-order valence-electron chi connectivity index (χ2n) is 5.65. The van der Waals surface area contributed by atoms with E-state index in [2.05, 4.69) is 26.0 Å². The van der Waals surface area contributed by atoms with Crippen molar-refractivity contribution in [3.63, 3.8) is 0 Å². The zero-order valence-corrected chi connectivity index (χ0v) is 12.2. The van der Waals surface area contributed by atoms with E-state index in [9.17, 15) is 9.90 Å². The molecule has 0 fully saturated rings. The Morgan fingerprint density at radius 1 is 1.10 bits per heavy atom. The summed E-state index contributed by atoms with van der Waals surface area (Å²) in [4.78, 5) is 11.3. The van der Waals surface area contributed by atoms with Gasteiger partial charge in [-0.05, 0) is 42.0 Å². The maximum Gasteiger partial charge on any atom is 0.336 e. The highest BCUT2D eigenvalue weighted by Gasteiger charge is 2.11. The Bertz CT molecular complexity index is 610. The van der Waals surface area contributed by atoms with Crippen LogP contribution in [0, 0.1) is 12.8 Å². The number of hydrogen-bond donors (Lipinski definition) is 1. The summed E-state index contributed by atoms with van der Waals surface area (Å²) >= 11 is 0. The van der Waals surface area contributed by atoms with Gasteiger partial charge < -0.3 is 5.11 Å². The number of aryl methyl sites for hydroxylation is 1. The van der Waals surface area contributed by atoms with Gasteiger partial charge in [0, 0.05) is 0 Å². The Kier molecular flexibility index (Phi) is 4.23. The Labute approximate surface area is 120 Å². The lowest BCUT2D eigenvalue weighted by Gasteiger charge is -2.10. The van der Waals surface area contributed by atoms with Gasteiger partial charge in [0.05, 0.1) is 5.56 Å². The van der Waals surface area contributed by atoms with Gasteiger partial charge in [0.1, 0.15) is 0 Å². The molecule has 2 aromatic carbocycles. The number of benzene rings is 2. The van der Waals surface area contributed by atoms with Crippen LogP contribution in [0.1, 0.15) is 35.3 Å². The van der Waals surface area contributed by atoms with Gasteiger partial charge in [-0.2, -0.15) is 0 Å². The van der Waals surface area contributed by atoms with E-state index >= 15 is 0 Å². The monoisotopic (exact) mass is 268 g/mol. The minimum absolute atomic E-state index is 0.354. The number of aromatic carboxylic acids is 1. The Morgan fingerprint density at radius 2 is 1.75 bits per heavy atom. The lowest BCUT2D eigenvalue weighted by molar-refractivity contribution is 0.0697. The van der Waals surface area contributed by atoms with Crippen molar-refractivity contribution >= 4 is 5.97 Å². The number of carbonyl (C=O) groups is 1. The van der Waals surface area contributed by atoms with Crippen molar-refractivity contribution in [1.82, 2.24) is 0 Å². The Morgan fingerprint density at radius 3 is 2.30 bits per heavy atom. The number of carboxylic acid groups (broad SMARTS) is 1. The Balaban J connectivity index is 2.41. The molecule has 20 heavy (non-hydrogen) atoms. The quantitative estimate of drug-likeness (QED) is 0.882. The smallest absolute Gasteiger partial charge is 0.336 e. The van der Waals surface area contributed by atoms with Gasteiger partial charge in [0.15, 0.2) is 0 Å². The second kappa shape index (κ2) is 5.91. The molecular weight excluding hydrogens is 248 g/mol. The number of rotatable bonds is 4. The van der Waals surface area contributed by atoms with Gasteiger partial charge in [0.2, 0.25) is 0 Å². The summed E-state index contributed by atoms with van der Waals surface area (Å²) < 4.78 is 0. The molecular formula is C18H20O2. The normalized spacial score (nSPS) is 10.8. The van der Waals surface area contributed by atoms with Gasteiger partial charge in [-0.15, -0.1) is 0 Å². The van der Waals surface area contributed by atoms with E-state index in [4.69, 9.17) is 0 Å². The van der Waals surface area contributed by atoms with E-state index in [1.54, 1.807) is 6.07 Å². The van der Waals surface area contributed by atoms with E-state index < -0.39 is 5.97 Å². The summed E-state index contributed by atoms with van der Waals surface area (Å²) in [6.07, 6.45) is 1.04. The molecule has 0 bridgehead atoms. The molecule has 0 radical (unpaired) electrons. The lowest BCUT2D eigenvalue weighted by atomic mass is 9.95. The molecule has 0 amide bonds. The Hall–Kier alpha value is -2.09. The topological polar surface area (TPSA) is 37.3 Å². The fraction of sp³-hybridized carbons (Fsp3) is 0.278. The minimum Gasteiger partial charge on any atom is -0.478 e. The zero-order valence-electron chi connectivity index (χ0n) is 12.2. The summed E-state index contributed by atoms with van der Waals surface area (Å²) in [5.74, 6) is -0.263. The molecule has 2 rings (SSSR count). The van der Waals surface area contributed by atoms with E-state index in [0.29, 0.717) is 11.5 Å². The maximum atomic E-state index is 11.3. The predicted molar refractivity (Wildman–Crippen MR) is 82.1 cm³/mol. The molecule has 0 aromatic heterocycles. The maximum absolute atomic E-state index is 11.3. The molecule has 0 unspecified atom stereocenters. The summed E-state index contributed by atoms with van der Waals surface area (Å²) in [6.45, 7) is 6.36. The van der Waals surface area contributed by atoms with Crippen molar-refractivity contribution in [3.8, 4) is 11.1 Å². The highest BCUT2D eigenvalue weighted by Crippen LogP contribution is 2.26. The molecule has 104 valence electrons. The van der Waals surface area contributed by atoms with Crippen LogP contribution in [0.3, 0.4) is 0 Å². The summed E-state index contributed by atoms with van der Waals surface area (Å²) in [7, 11) is 0. The highest BCUT2D eigenvalue weighted by molar-refractivity contribution is 5.96. The fourth-order valence-electron chi connectivity index (χ4n) is 2.38. The predicted octanol–water partition coefficient (Wildman–Crippen LogP) is 4.56. The standard InChI is InChI=1S/C18H20O2/c1-12(2)10-14-5-7-15(8-6-14)17-11-13(3)4-9-16(17)18(19)20/h4-9,11-12H,10H2,1-3H3,(H,19,20). The summed E-state index contributed by atoms with van der Waals surface area (Å²) in [5, 5.41) is 9.29. The van der Waals surface area contributed by atoms with Gasteiger partial charge >= 0.3 is 5.97 Å². The van der Waals surface area contributed by atoms with Crippen LogP contribution in [0.5, 0.6) is 0 Å². The molecule has 1 N–H and O–H groups in total. The first kappa shape index (κ1) is 14.3. The largest absolute Gasteiger partial charge is 0.478 e. The molecule has 2 nitrogen and oxygen atoms in total. The molecule has 0 saturated heterocycles. The van der Waals surface area contributed by atoms with Crippen molar-refractivity contribution in [2.24, 2.45) is 5.92 Å². The van der Waals surface area contributed by atoms with Crippen LogP contribution >= 0.6 is 0 Å². The van der Waals surface area contributed by atoms with Crippen LogP contribution in [0.2, 0.25) is 0 Å². The average molecular weight is 268 g/mol. The molecule has 2 aromatic rings. The molecule has 0 aliphatic heterocycles. The van der Waals surface area contributed by atoms with E-state index in [0.717, 1.165) is 23.1 Å². The van der Waals surface area contributed by atoms with E-state index in [-0.39, 0.29) is 0 Å². The molecule has 2 heteroatoms. The van der Waals surface area contributed by atoms with Crippen LogP contribution in [0.4, 0.5) is 0 Å². The molecule has 0 saturated carbocycles. The van der Waals surface area contributed by atoms with Gasteiger partial charge in [-0.1, -0.05) is 55.8 Å². The molecule has 0 aliphatic rings. The van der Waals surface area contributed by atoms with Crippen LogP contribution in [0.25, 0.3) is 11.1 Å². The molecule has 0 aliphatic carbocycles. The third-order valence-corrected chi connectivity index (χ3v) is 3.31. The highest BCUT2D eigenvalue weighted by atomic mass is 16.4. The number of hydrogen-bond acceptors (Lipinski definition) is 1. The van der Waals surface area contributed by atoms with Crippen LogP contribution in [-0.2, 0) is 6.42 Å². The fourth-order valence-corrected chi connectivity index (χ4v) is 2.38. The third-order valence-electron chi connectivity index (χ3n) is 3.31. The van der Waals surface area contributed by atoms with Crippen molar-refractivity contribution in [2.75, 3.05) is 0 Å². The van der Waals surface area contributed by atoms with Gasteiger partial charge in [-0.25, -0.2) is 4.79 Å². The van der Waals surface area contributed by atoms with Crippen LogP contribution in [0.15, 0.2) is 42.5 Å². The number of carboxylic acids is 1. The second-order valence-corrected chi connectivity index (χ2v) is 5.65. The molecule has 0 spiro atoms. The van der Waals surface area contributed by atoms with Gasteiger partial charge in [-0.3, -0.25) is 0 Å². The zero-order chi connectivity index (χ0) is 14.7.